The first-order chi connectivity index (χ1) is 11.0. The summed E-state index contributed by atoms with van der Waals surface area (Å²) in [5, 5.41) is 0. The summed E-state index contributed by atoms with van der Waals surface area (Å²) in [4.78, 5) is 39.8. The molecule has 120 valence electrons. The van der Waals surface area contributed by atoms with Crippen LogP contribution in [0.1, 0.15) is 27.6 Å². The van der Waals surface area contributed by atoms with E-state index in [1.165, 1.54) is 14.2 Å². The topological polar surface area (TPSA) is 136 Å². The number of nitrogen functional groups attached to an aromatic ring is 1. The molecule has 23 heavy (non-hydrogen) atoms. The van der Waals surface area contributed by atoms with Crippen molar-refractivity contribution in [1.82, 2.24) is 9.97 Å². The van der Waals surface area contributed by atoms with E-state index in [2.05, 4.69) is 9.97 Å². The molecule has 0 fully saturated rings. The van der Waals surface area contributed by atoms with Crippen molar-refractivity contribution in [2.24, 2.45) is 0 Å². The van der Waals surface area contributed by atoms with Crippen LogP contribution in [0.15, 0.2) is 21.7 Å². The largest absolute Gasteiger partial charge is 0.493 e. The van der Waals surface area contributed by atoms with E-state index in [1.807, 2.05) is 0 Å². The van der Waals surface area contributed by atoms with Crippen LogP contribution in [0, 0.1) is 0 Å². The van der Waals surface area contributed by atoms with Gasteiger partial charge in [0, 0.05) is 5.56 Å². The fourth-order valence-electron chi connectivity index (χ4n) is 2.59. The Morgan fingerprint density at radius 3 is 2.48 bits per heavy atom. The van der Waals surface area contributed by atoms with Crippen LogP contribution < -0.4 is 26.5 Å². The third-order valence-corrected chi connectivity index (χ3v) is 3.56. The Bertz CT molecular complexity index is 914. The molecule has 0 amide bonds. The van der Waals surface area contributed by atoms with E-state index < -0.39 is 23.3 Å². The fraction of sp³-hybridized carbons (Fsp3) is 0.214. The highest BCUT2D eigenvalue weighted by Crippen LogP contribution is 2.44. The highest BCUT2D eigenvalue weighted by Gasteiger charge is 2.39. The highest BCUT2D eigenvalue weighted by molar-refractivity contribution is 5.98. The Morgan fingerprint density at radius 2 is 1.87 bits per heavy atom. The summed E-state index contributed by atoms with van der Waals surface area (Å²) in [6.45, 7) is 0. The van der Waals surface area contributed by atoms with E-state index in [1.54, 1.807) is 12.1 Å². The second-order valence-electron chi connectivity index (χ2n) is 4.79. The van der Waals surface area contributed by atoms with Crippen LogP contribution in [-0.2, 0) is 4.74 Å². The van der Waals surface area contributed by atoms with Gasteiger partial charge in [-0.2, -0.15) is 0 Å². The third kappa shape index (κ3) is 2.13. The van der Waals surface area contributed by atoms with Gasteiger partial charge >= 0.3 is 11.7 Å². The average molecular weight is 319 g/mol. The number of carbonyl (C=O) groups is 1. The number of esters is 1. The van der Waals surface area contributed by atoms with Crippen molar-refractivity contribution >= 4 is 11.8 Å². The molecule has 0 spiro atoms. The van der Waals surface area contributed by atoms with Gasteiger partial charge < -0.3 is 19.9 Å². The molecule has 1 aliphatic rings. The molecule has 1 aliphatic heterocycles. The van der Waals surface area contributed by atoms with E-state index >= 15 is 0 Å². The minimum Gasteiger partial charge on any atom is -0.493 e. The molecule has 0 radical (unpaired) electrons. The van der Waals surface area contributed by atoms with Crippen LogP contribution in [0.5, 0.6) is 11.5 Å². The molecule has 0 bridgehead atoms. The number of hydrogen-bond donors (Lipinski definition) is 3. The van der Waals surface area contributed by atoms with Gasteiger partial charge in [-0.3, -0.25) is 14.8 Å². The number of aromatic amines is 2. The van der Waals surface area contributed by atoms with Crippen LogP contribution >= 0.6 is 0 Å². The monoisotopic (exact) mass is 319 g/mol. The average Bonchev–Trinajstić information content (AvgIpc) is 2.82. The summed E-state index contributed by atoms with van der Waals surface area (Å²) < 4.78 is 15.6. The molecule has 9 heteroatoms. The summed E-state index contributed by atoms with van der Waals surface area (Å²) >= 11 is 0. The number of nitrogens with one attached hydrogen (secondary N) is 2. The normalized spacial score (nSPS) is 15.9. The van der Waals surface area contributed by atoms with E-state index in [0.717, 1.165) is 0 Å². The van der Waals surface area contributed by atoms with E-state index in [0.29, 0.717) is 11.3 Å². The molecule has 0 saturated heterocycles. The summed E-state index contributed by atoms with van der Waals surface area (Å²) in [5.41, 5.74) is 4.74. The highest BCUT2D eigenvalue weighted by atomic mass is 16.6. The van der Waals surface area contributed by atoms with Crippen molar-refractivity contribution < 1.29 is 19.0 Å². The summed E-state index contributed by atoms with van der Waals surface area (Å²) in [5.74, 6) is -0.283. The maximum Gasteiger partial charge on any atom is 0.343 e. The van der Waals surface area contributed by atoms with Gasteiger partial charge in [0.2, 0.25) is 0 Å². The van der Waals surface area contributed by atoms with Gasteiger partial charge in [-0.15, -0.1) is 0 Å². The number of cyclic esters (lactones) is 1. The number of hydrogen-bond acceptors (Lipinski definition) is 7. The lowest BCUT2D eigenvalue weighted by Crippen LogP contribution is -2.29. The van der Waals surface area contributed by atoms with E-state index in [9.17, 15) is 14.4 Å². The first kappa shape index (κ1) is 14.7. The van der Waals surface area contributed by atoms with Crippen LogP contribution in [-0.4, -0.2) is 30.2 Å². The molecule has 2 heterocycles. The van der Waals surface area contributed by atoms with Crippen LogP contribution in [0.25, 0.3) is 0 Å². The zero-order valence-corrected chi connectivity index (χ0v) is 12.3. The molecular formula is C14H13N3O6. The number of fused-ring (bicyclic) bond motifs is 1. The molecule has 2 aromatic rings. The molecule has 1 aromatic heterocycles. The van der Waals surface area contributed by atoms with E-state index in [-0.39, 0.29) is 22.7 Å². The first-order valence-electron chi connectivity index (χ1n) is 6.55. The van der Waals surface area contributed by atoms with Crippen molar-refractivity contribution in [3.05, 3.63) is 49.7 Å². The Kier molecular flexibility index (Phi) is 3.32. The molecular weight excluding hydrogens is 306 g/mol. The second kappa shape index (κ2) is 5.20. The predicted octanol–water partition coefficient (Wildman–Crippen LogP) is -0.0776. The fourth-order valence-corrected chi connectivity index (χ4v) is 2.59. The Balaban J connectivity index is 2.25. The SMILES string of the molecule is COc1ccc2c(c1OC)C(=O)OC2c1c(N)[nH]c(=O)[nH]c1=O. The lowest BCUT2D eigenvalue weighted by molar-refractivity contribution is 0.0452. The number of benzene rings is 1. The quantitative estimate of drug-likeness (QED) is 0.673. The molecule has 1 unspecified atom stereocenters. The standard InChI is InChI=1S/C14H13N3O6/c1-21-6-4-3-5-7(10(6)22-2)13(19)23-9(5)8-11(15)16-14(20)17-12(8)18/h3-4,9H,1-2H3,(H4,15,16,17,18,20). The van der Waals surface area contributed by atoms with Gasteiger partial charge in [0.15, 0.2) is 17.6 Å². The zero-order valence-electron chi connectivity index (χ0n) is 12.3. The molecule has 0 aliphatic carbocycles. The van der Waals surface area contributed by atoms with Crippen molar-refractivity contribution in [1.29, 1.82) is 0 Å². The Hall–Kier alpha value is -3.23. The molecule has 1 atom stereocenters. The van der Waals surface area contributed by atoms with Gasteiger partial charge in [-0.1, -0.05) is 6.07 Å². The van der Waals surface area contributed by atoms with Gasteiger partial charge in [0.25, 0.3) is 5.56 Å². The van der Waals surface area contributed by atoms with Crippen LogP contribution in [0.4, 0.5) is 5.82 Å². The summed E-state index contributed by atoms with van der Waals surface area (Å²) in [6, 6.07) is 3.17. The van der Waals surface area contributed by atoms with Crippen molar-refractivity contribution in [2.45, 2.75) is 6.10 Å². The zero-order chi connectivity index (χ0) is 16.7. The second-order valence-corrected chi connectivity index (χ2v) is 4.79. The number of H-pyrrole nitrogens is 2. The summed E-state index contributed by atoms with van der Waals surface area (Å²) in [6.07, 6.45) is -1.04. The molecule has 9 nitrogen and oxygen atoms in total. The van der Waals surface area contributed by atoms with Gasteiger partial charge in [0.1, 0.15) is 16.9 Å². The lowest BCUT2D eigenvalue weighted by atomic mass is 9.99. The summed E-state index contributed by atoms with van der Waals surface area (Å²) in [7, 11) is 2.83. The Labute approximate surface area is 129 Å². The van der Waals surface area contributed by atoms with Crippen LogP contribution in [0.3, 0.4) is 0 Å². The molecule has 0 saturated carbocycles. The minimum absolute atomic E-state index is 0.0519. The van der Waals surface area contributed by atoms with E-state index in [4.69, 9.17) is 19.9 Å². The smallest absolute Gasteiger partial charge is 0.343 e. The molecule has 3 rings (SSSR count). The number of rotatable bonds is 3. The Morgan fingerprint density at radius 1 is 1.13 bits per heavy atom. The van der Waals surface area contributed by atoms with Gasteiger partial charge in [-0.05, 0) is 6.07 Å². The maximum atomic E-state index is 12.2. The number of anilines is 1. The predicted molar refractivity (Wildman–Crippen MR) is 78.9 cm³/mol. The van der Waals surface area contributed by atoms with Gasteiger partial charge in [0.05, 0.1) is 14.2 Å². The minimum atomic E-state index is -1.04. The number of methoxy groups -OCH3 is 2. The number of carbonyl (C=O) groups excluding carboxylic acids is 1. The number of aromatic nitrogens is 2. The van der Waals surface area contributed by atoms with Crippen molar-refractivity contribution in [3.63, 3.8) is 0 Å². The molecule has 1 aromatic carbocycles. The maximum absolute atomic E-state index is 12.2. The van der Waals surface area contributed by atoms with Crippen molar-refractivity contribution in [2.75, 3.05) is 20.0 Å². The van der Waals surface area contributed by atoms with Crippen LogP contribution in [0.2, 0.25) is 0 Å². The third-order valence-electron chi connectivity index (χ3n) is 3.56. The number of nitrogens with two attached hydrogens (primary N) is 1. The lowest BCUT2D eigenvalue weighted by Gasteiger charge is -2.13. The first-order valence-corrected chi connectivity index (χ1v) is 6.55. The van der Waals surface area contributed by atoms with Gasteiger partial charge in [-0.25, -0.2) is 9.59 Å². The number of ether oxygens (including phenoxy) is 3. The van der Waals surface area contributed by atoms with Crippen molar-refractivity contribution in [3.8, 4) is 11.5 Å². The molecule has 4 N–H and O–H groups in total.